The molecule has 0 radical (unpaired) electrons. The summed E-state index contributed by atoms with van der Waals surface area (Å²) in [6.07, 6.45) is 2.79. The van der Waals surface area contributed by atoms with Crippen molar-refractivity contribution < 1.29 is 18.7 Å². The van der Waals surface area contributed by atoms with Crippen molar-refractivity contribution in [2.75, 3.05) is 19.7 Å². The van der Waals surface area contributed by atoms with Crippen LogP contribution in [0.2, 0.25) is 5.02 Å². The quantitative estimate of drug-likeness (QED) is 0.816. The molecule has 0 aliphatic carbocycles. The minimum absolute atomic E-state index is 0.171. The molecule has 2 amide bonds. The van der Waals surface area contributed by atoms with Gasteiger partial charge in [0.25, 0.3) is 5.91 Å². The number of amides is 2. The number of primary amides is 1. The lowest BCUT2D eigenvalue weighted by Gasteiger charge is -2.40. The Labute approximate surface area is 162 Å². The highest BCUT2D eigenvalue weighted by atomic mass is 35.5. The van der Waals surface area contributed by atoms with Crippen LogP contribution in [0.3, 0.4) is 0 Å². The molecule has 0 atom stereocenters. The number of nitrogens with zero attached hydrogens (tertiary/aromatic N) is 2. The number of carbonyl (C=O) groups excluding carboxylic acids is 2. The van der Waals surface area contributed by atoms with Gasteiger partial charge >= 0.3 is 0 Å². The number of aromatic nitrogens is 1. The number of hydrogen-bond acceptors (Lipinski definition) is 5. The van der Waals surface area contributed by atoms with E-state index in [0.29, 0.717) is 54.9 Å². The zero-order valence-electron chi connectivity index (χ0n) is 15.1. The van der Waals surface area contributed by atoms with Gasteiger partial charge in [-0.05, 0) is 31.0 Å². The van der Waals surface area contributed by atoms with Crippen molar-refractivity contribution >= 4 is 23.4 Å². The van der Waals surface area contributed by atoms with Crippen molar-refractivity contribution in [1.29, 1.82) is 0 Å². The Bertz CT molecular complexity index is 828. The second-order valence-electron chi connectivity index (χ2n) is 6.93. The van der Waals surface area contributed by atoms with Crippen molar-refractivity contribution in [2.24, 2.45) is 11.1 Å². The van der Waals surface area contributed by atoms with Crippen LogP contribution in [0.4, 0.5) is 0 Å². The molecule has 0 saturated carbocycles. The number of carbonyl (C=O) groups is 2. The molecule has 0 unspecified atom stereocenters. The molecule has 2 aromatic rings. The number of nitrogens with two attached hydrogens (primary N) is 1. The average molecular weight is 392 g/mol. The van der Waals surface area contributed by atoms with Crippen molar-refractivity contribution in [3.63, 3.8) is 0 Å². The molecular formula is C19H22ClN3O4. The van der Waals surface area contributed by atoms with E-state index in [2.05, 4.69) is 4.98 Å². The number of likely N-dealkylation sites (tertiary alicyclic amines) is 1. The third-order valence-corrected chi connectivity index (χ3v) is 5.07. The summed E-state index contributed by atoms with van der Waals surface area (Å²) in [6, 6.07) is 7.11. The van der Waals surface area contributed by atoms with Gasteiger partial charge in [-0.25, -0.2) is 4.98 Å². The Morgan fingerprint density at radius 2 is 2.11 bits per heavy atom. The minimum Gasteiger partial charge on any atom is -0.493 e. The highest BCUT2D eigenvalue weighted by molar-refractivity contribution is 6.30. The van der Waals surface area contributed by atoms with Gasteiger partial charge < -0.3 is 19.8 Å². The number of rotatable bonds is 6. The van der Waals surface area contributed by atoms with Crippen LogP contribution < -0.4 is 10.5 Å². The van der Waals surface area contributed by atoms with E-state index in [1.165, 1.54) is 6.26 Å². The molecule has 1 aromatic carbocycles. The Morgan fingerprint density at radius 1 is 1.37 bits per heavy atom. The fourth-order valence-corrected chi connectivity index (χ4v) is 3.52. The maximum Gasteiger partial charge on any atom is 0.275 e. The van der Waals surface area contributed by atoms with Crippen LogP contribution in [0.25, 0.3) is 0 Å². The lowest BCUT2D eigenvalue weighted by Crippen LogP contribution is -2.47. The number of aryl methyl sites for hydroxylation is 1. The molecule has 1 aromatic heterocycles. The summed E-state index contributed by atoms with van der Waals surface area (Å²) < 4.78 is 11.0. The molecule has 0 spiro atoms. The minimum atomic E-state index is -0.412. The van der Waals surface area contributed by atoms with Gasteiger partial charge in [0.2, 0.25) is 5.91 Å². The summed E-state index contributed by atoms with van der Waals surface area (Å²) >= 11 is 5.99. The Kier molecular flexibility index (Phi) is 5.70. The van der Waals surface area contributed by atoms with E-state index < -0.39 is 5.41 Å². The monoisotopic (exact) mass is 391 g/mol. The van der Waals surface area contributed by atoms with Crippen LogP contribution in [-0.4, -0.2) is 41.4 Å². The molecule has 7 nitrogen and oxygen atoms in total. The van der Waals surface area contributed by atoms with E-state index in [4.69, 9.17) is 26.5 Å². The lowest BCUT2D eigenvalue weighted by molar-refractivity contribution is -0.121. The zero-order chi connectivity index (χ0) is 19.4. The van der Waals surface area contributed by atoms with Gasteiger partial charge in [-0.1, -0.05) is 17.7 Å². The third-order valence-electron chi connectivity index (χ3n) is 4.84. The lowest BCUT2D eigenvalue weighted by atomic mass is 9.76. The van der Waals surface area contributed by atoms with Crippen molar-refractivity contribution in [1.82, 2.24) is 9.88 Å². The van der Waals surface area contributed by atoms with Crippen LogP contribution in [0.15, 0.2) is 34.9 Å². The summed E-state index contributed by atoms with van der Waals surface area (Å²) in [7, 11) is 0. The van der Waals surface area contributed by atoms with Crippen LogP contribution in [0, 0.1) is 12.3 Å². The zero-order valence-corrected chi connectivity index (χ0v) is 15.9. The molecule has 2 N–H and O–H groups in total. The first-order chi connectivity index (χ1) is 12.9. The fourth-order valence-electron chi connectivity index (χ4n) is 3.34. The molecule has 1 aliphatic rings. The second-order valence-corrected chi connectivity index (χ2v) is 7.37. The first kappa shape index (κ1) is 19.2. The summed E-state index contributed by atoms with van der Waals surface area (Å²) in [5, 5.41) is 0.583. The molecule has 1 saturated heterocycles. The molecule has 8 heteroatoms. The van der Waals surface area contributed by atoms with E-state index in [-0.39, 0.29) is 18.2 Å². The average Bonchev–Trinajstić information content (AvgIpc) is 3.06. The van der Waals surface area contributed by atoms with Crippen LogP contribution in [0.1, 0.15) is 35.6 Å². The highest BCUT2D eigenvalue weighted by Gasteiger charge is 2.38. The molecular weight excluding hydrogens is 370 g/mol. The molecule has 3 rings (SSSR count). The van der Waals surface area contributed by atoms with Gasteiger partial charge in [0.15, 0.2) is 11.6 Å². The van der Waals surface area contributed by atoms with Crippen LogP contribution >= 0.6 is 11.6 Å². The van der Waals surface area contributed by atoms with Crippen LogP contribution in [0.5, 0.6) is 5.75 Å². The maximum atomic E-state index is 12.5. The van der Waals surface area contributed by atoms with Gasteiger partial charge in [0.05, 0.1) is 6.61 Å². The Hall–Kier alpha value is -2.54. The van der Waals surface area contributed by atoms with Gasteiger partial charge in [-0.2, -0.15) is 0 Å². The van der Waals surface area contributed by atoms with E-state index >= 15 is 0 Å². The number of halogens is 1. The predicted octanol–water partition coefficient (Wildman–Crippen LogP) is 2.81. The molecule has 1 aliphatic heterocycles. The van der Waals surface area contributed by atoms with E-state index in [1.807, 2.05) is 6.07 Å². The van der Waals surface area contributed by atoms with Gasteiger partial charge in [0, 0.05) is 36.9 Å². The third kappa shape index (κ3) is 4.80. The first-order valence-corrected chi connectivity index (χ1v) is 9.13. The predicted molar refractivity (Wildman–Crippen MR) is 99.6 cm³/mol. The summed E-state index contributed by atoms with van der Waals surface area (Å²) in [4.78, 5) is 30.0. The fraction of sp³-hybridized carbons (Fsp3) is 0.421. The van der Waals surface area contributed by atoms with E-state index in [0.717, 1.165) is 0 Å². The molecule has 1 fully saturated rings. The number of piperidine rings is 1. The summed E-state index contributed by atoms with van der Waals surface area (Å²) in [6.45, 7) is 3.02. The smallest absolute Gasteiger partial charge is 0.275 e. The number of benzene rings is 1. The normalized spacial score (nSPS) is 16.1. The summed E-state index contributed by atoms with van der Waals surface area (Å²) in [5.74, 6) is 0.545. The largest absolute Gasteiger partial charge is 0.493 e. The first-order valence-electron chi connectivity index (χ1n) is 8.75. The Balaban J connectivity index is 1.65. The van der Waals surface area contributed by atoms with E-state index in [1.54, 1.807) is 30.0 Å². The number of ether oxygens (including phenoxy) is 1. The number of hydrogen-bond donors (Lipinski definition) is 1. The van der Waals surface area contributed by atoms with Gasteiger partial charge in [-0.3, -0.25) is 9.59 Å². The van der Waals surface area contributed by atoms with Crippen molar-refractivity contribution in [3.8, 4) is 5.75 Å². The Morgan fingerprint density at radius 3 is 2.70 bits per heavy atom. The van der Waals surface area contributed by atoms with Crippen LogP contribution in [-0.2, 0) is 4.79 Å². The highest BCUT2D eigenvalue weighted by Crippen LogP contribution is 2.36. The van der Waals surface area contributed by atoms with Gasteiger partial charge in [-0.15, -0.1) is 0 Å². The molecule has 0 bridgehead atoms. The summed E-state index contributed by atoms with van der Waals surface area (Å²) in [5.41, 5.74) is 5.36. The van der Waals surface area contributed by atoms with Gasteiger partial charge in [0.1, 0.15) is 12.0 Å². The molecule has 27 heavy (non-hydrogen) atoms. The van der Waals surface area contributed by atoms with E-state index in [9.17, 15) is 9.59 Å². The van der Waals surface area contributed by atoms with Crippen molar-refractivity contribution in [2.45, 2.75) is 26.2 Å². The topological polar surface area (TPSA) is 98.7 Å². The second kappa shape index (κ2) is 8.00. The molecule has 144 valence electrons. The maximum absolute atomic E-state index is 12.5. The SMILES string of the molecule is Cc1nc(C(=O)N2CCC(COc3cccc(Cl)c3)(CC(N)=O)CC2)co1. The molecule has 2 heterocycles. The number of oxazole rings is 1. The van der Waals surface area contributed by atoms with Crippen molar-refractivity contribution in [3.05, 3.63) is 47.1 Å². The standard InChI is InChI=1S/C19H22ClN3O4/c1-13-22-16(11-26-13)18(25)23-7-5-19(6-8-23,10-17(21)24)12-27-15-4-2-3-14(20)9-15/h2-4,9,11H,5-8,10,12H2,1H3,(H2,21,24).